The van der Waals surface area contributed by atoms with Crippen LogP contribution >= 0.6 is 12.2 Å². The molecule has 0 spiro atoms. The fraction of sp³-hybridized carbons (Fsp3) is 0.407. The van der Waals surface area contributed by atoms with Crippen molar-refractivity contribution in [2.24, 2.45) is 0 Å². The van der Waals surface area contributed by atoms with Gasteiger partial charge in [-0.1, -0.05) is 43.5 Å². The van der Waals surface area contributed by atoms with E-state index in [1.807, 2.05) is 12.3 Å². The summed E-state index contributed by atoms with van der Waals surface area (Å²) in [6.07, 6.45) is 8.21. The number of hydrogen-bond donors (Lipinski definition) is 1. The topological polar surface area (TPSA) is 33.1 Å². The molecule has 32 heavy (non-hydrogen) atoms. The Morgan fingerprint density at radius 3 is 2.44 bits per heavy atom. The van der Waals surface area contributed by atoms with Gasteiger partial charge in [0.25, 0.3) is 0 Å². The quantitative estimate of drug-likeness (QED) is 0.493. The molecule has 1 aromatic carbocycles. The first-order chi connectivity index (χ1) is 15.6. The van der Waals surface area contributed by atoms with Crippen LogP contribution in [0.4, 0.5) is 0 Å². The van der Waals surface area contributed by atoms with Crippen molar-refractivity contribution < 1.29 is 0 Å². The summed E-state index contributed by atoms with van der Waals surface area (Å²) in [5, 5.41) is 4.53. The highest BCUT2D eigenvalue weighted by atomic mass is 32.1. The van der Waals surface area contributed by atoms with Gasteiger partial charge < -0.3 is 14.8 Å². The minimum absolute atomic E-state index is 0.0523. The zero-order chi connectivity index (χ0) is 22.2. The Hall–Kier alpha value is -2.66. The van der Waals surface area contributed by atoms with Crippen LogP contribution in [-0.2, 0) is 0 Å². The molecule has 3 aromatic rings. The number of aromatic nitrogens is 2. The molecule has 0 bridgehead atoms. The standard InChI is InChI=1S/C27H32N4S/c1-18-11-7-8-15-24(18)30-19(2)17-22(20(30)3)26-25(23-14-9-10-16-28-23)29-27(32)31(26)21-12-5-4-6-13-21/h7-11,14-17,21,25-26H,4-6,12-13H2,1-3H3,(H,29,32)/t25-,26-/m0/s1. The molecule has 2 atom stereocenters. The highest BCUT2D eigenvalue weighted by Gasteiger charge is 2.44. The lowest BCUT2D eigenvalue weighted by atomic mass is 9.90. The zero-order valence-electron chi connectivity index (χ0n) is 19.2. The van der Waals surface area contributed by atoms with Gasteiger partial charge in [0.1, 0.15) is 0 Å². The summed E-state index contributed by atoms with van der Waals surface area (Å²) in [7, 11) is 0. The monoisotopic (exact) mass is 444 g/mol. The second kappa shape index (κ2) is 8.70. The van der Waals surface area contributed by atoms with Gasteiger partial charge in [0.2, 0.25) is 0 Å². The molecule has 2 aliphatic rings. The maximum Gasteiger partial charge on any atom is 0.170 e. The van der Waals surface area contributed by atoms with Crippen molar-refractivity contribution in [1.82, 2.24) is 19.8 Å². The number of thiocarbonyl (C=S) groups is 1. The van der Waals surface area contributed by atoms with Crippen molar-refractivity contribution in [3.63, 3.8) is 0 Å². The maximum atomic E-state index is 5.95. The Morgan fingerprint density at radius 2 is 1.72 bits per heavy atom. The van der Waals surface area contributed by atoms with E-state index in [2.05, 4.69) is 78.0 Å². The second-order valence-corrected chi connectivity index (χ2v) is 9.66. The number of pyridine rings is 1. The third-order valence-corrected chi connectivity index (χ3v) is 7.58. The molecule has 166 valence electrons. The molecule has 1 aliphatic heterocycles. The first-order valence-corrected chi connectivity index (χ1v) is 12.2. The van der Waals surface area contributed by atoms with Crippen molar-refractivity contribution in [3.8, 4) is 5.69 Å². The van der Waals surface area contributed by atoms with E-state index in [4.69, 9.17) is 17.2 Å². The highest BCUT2D eigenvalue weighted by molar-refractivity contribution is 7.80. The summed E-state index contributed by atoms with van der Waals surface area (Å²) in [4.78, 5) is 7.24. The van der Waals surface area contributed by atoms with Gasteiger partial charge in [0, 0.05) is 29.3 Å². The molecular formula is C27H32N4S. The van der Waals surface area contributed by atoms with Crippen LogP contribution in [0.5, 0.6) is 0 Å². The predicted molar refractivity (Wildman–Crippen MR) is 134 cm³/mol. The summed E-state index contributed by atoms with van der Waals surface area (Å²) < 4.78 is 2.40. The molecule has 0 unspecified atom stereocenters. The number of hydrogen-bond acceptors (Lipinski definition) is 2. The van der Waals surface area contributed by atoms with Crippen molar-refractivity contribution in [2.75, 3.05) is 0 Å². The third kappa shape index (κ3) is 3.62. The van der Waals surface area contributed by atoms with E-state index in [0.29, 0.717) is 6.04 Å². The van der Waals surface area contributed by atoms with Gasteiger partial charge in [-0.15, -0.1) is 0 Å². The zero-order valence-corrected chi connectivity index (χ0v) is 20.0. The summed E-state index contributed by atoms with van der Waals surface area (Å²) in [6, 6.07) is 17.9. The Morgan fingerprint density at radius 1 is 0.969 bits per heavy atom. The molecule has 1 aliphatic carbocycles. The largest absolute Gasteiger partial charge is 0.352 e. The number of rotatable bonds is 4. The first-order valence-electron chi connectivity index (χ1n) is 11.8. The number of aryl methyl sites for hydroxylation is 2. The molecule has 0 radical (unpaired) electrons. The predicted octanol–water partition coefficient (Wildman–Crippen LogP) is 6.10. The molecule has 3 heterocycles. The fourth-order valence-electron chi connectivity index (χ4n) is 5.72. The van der Waals surface area contributed by atoms with Crippen LogP contribution in [0.25, 0.3) is 5.69 Å². The Kier molecular flexibility index (Phi) is 5.76. The molecular weight excluding hydrogens is 412 g/mol. The van der Waals surface area contributed by atoms with E-state index in [0.717, 1.165) is 10.8 Å². The van der Waals surface area contributed by atoms with Gasteiger partial charge in [-0.25, -0.2) is 0 Å². The van der Waals surface area contributed by atoms with E-state index >= 15 is 0 Å². The van der Waals surface area contributed by atoms with Crippen LogP contribution < -0.4 is 5.32 Å². The Bertz CT molecular complexity index is 1110. The van der Waals surface area contributed by atoms with Crippen molar-refractivity contribution >= 4 is 17.3 Å². The highest BCUT2D eigenvalue weighted by Crippen LogP contribution is 2.44. The van der Waals surface area contributed by atoms with Crippen LogP contribution in [0.1, 0.15) is 72.4 Å². The molecule has 5 heteroatoms. The van der Waals surface area contributed by atoms with Crippen LogP contribution in [0.2, 0.25) is 0 Å². The number of para-hydroxylation sites is 1. The van der Waals surface area contributed by atoms with E-state index < -0.39 is 0 Å². The van der Waals surface area contributed by atoms with Crippen molar-refractivity contribution in [2.45, 2.75) is 71.0 Å². The lowest BCUT2D eigenvalue weighted by molar-refractivity contribution is 0.197. The first kappa shape index (κ1) is 21.2. The normalized spacial score (nSPS) is 21.7. The minimum atomic E-state index is 0.0523. The van der Waals surface area contributed by atoms with Crippen LogP contribution in [-0.4, -0.2) is 25.6 Å². The summed E-state index contributed by atoms with van der Waals surface area (Å²) >= 11 is 5.95. The lowest BCUT2D eigenvalue weighted by Gasteiger charge is -2.37. The average Bonchev–Trinajstić information content (AvgIpc) is 3.31. The molecule has 5 rings (SSSR count). The van der Waals surface area contributed by atoms with Gasteiger partial charge in [0.05, 0.1) is 17.8 Å². The Labute approximate surface area is 196 Å². The molecule has 2 fully saturated rings. The molecule has 4 nitrogen and oxygen atoms in total. The van der Waals surface area contributed by atoms with Crippen LogP contribution in [0.3, 0.4) is 0 Å². The molecule has 1 saturated heterocycles. The second-order valence-electron chi connectivity index (χ2n) is 9.27. The van der Waals surface area contributed by atoms with Crippen molar-refractivity contribution in [3.05, 3.63) is 82.9 Å². The van der Waals surface area contributed by atoms with Gasteiger partial charge >= 0.3 is 0 Å². The minimum Gasteiger partial charge on any atom is -0.352 e. The van der Waals surface area contributed by atoms with Gasteiger partial charge in [-0.3, -0.25) is 4.98 Å². The molecule has 2 aromatic heterocycles. The molecule has 1 N–H and O–H groups in total. The van der Waals surface area contributed by atoms with Gasteiger partial charge in [0.15, 0.2) is 5.11 Å². The van der Waals surface area contributed by atoms with Crippen LogP contribution in [0.15, 0.2) is 54.7 Å². The SMILES string of the molecule is Cc1ccccc1-n1c(C)cc([C@H]2[C@H](c3ccccn3)NC(=S)N2C2CCCCC2)c1C. The maximum absolute atomic E-state index is 5.95. The van der Waals surface area contributed by atoms with E-state index in [1.165, 1.54) is 60.3 Å². The Balaban J connectivity index is 1.64. The number of benzene rings is 1. The third-order valence-electron chi connectivity index (χ3n) is 7.25. The molecule has 1 saturated carbocycles. The van der Waals surface area contributed by atoms with Gasteiger partial charge in [-0.05, 0) is 81.2 Å². The summed E-state index contributed by atoms with van der Waals surface area (Å²) in [6.45, 7) is 6.65. The summed E-state index contributed by atoms with van der Waals surface area (Å²) in [5.41, 5.74) is 7.48. The smallest absolute Gasteiger partial charge is 0.170 e. The molecule has 0 amide bonds. The van der Waals surface area contributed by atoms with Crippen molar-refractivity contribution in [1.29, 1.82) is 0 Å². The average molecular weight is 445 g/mol. The fourth-order valence-corrected chi connectivity index (χ4v) is 6.11. The van der Waals surface area contributed by atoms with E-state index in [1.54, 1.807) is 0 Å². The van der Waals surface area contributed by atoms with Gasteiger partial charge in [-0.2, -0.15) is 0 Å². The number of nitrogens with zero attached hydrogens (tertiary/aromatic N) is 3. The van der Waals surface area contributed by atoms with E-state index in [-0.39, 0.29) is 12.1 Å². The lowest BCUT2D eigenvalue weighted by Crippen LogP contribution is -2.40. The number of nitrogens with one attached hydrogen (secondary N) is 1. The summed E-state index contributed by atoms with van der Waals surface area (Å²) in [5.74, 6) is 0. The van der Waals surface area contributed by atoms with Crippen LogP contribution in [0, 0.1) is 20.8 Å². The van der Waals surface area contributed by atoms with E-state index in [9.17, 15) is 0 Å².